The van der Waals surface area contributed by atoms with Crippen LogP contribution in [0.15, 0.2) is 36.4 Å². The lowest BCUT2D eigenvalue weighted by molar-refractivity contribution is -0.130. The number of ether oxygens (including phenoxy) is 1. The number of amides is 1. The van der Waals surface area contributed by atoms with Crippen molar-refractivity contribution < 1.29 is 14.3 Å². The summed E-state index contributed by atoms with van der Waals surface area (Å²) in [4.78, 5) is 25.3. The quantitative estimate of drug-likeness (QED) is 0.546. The van der Waals surface area contributed by atoms with Gasteiger partial charge in [-0.3, -0.25) is 4.79 Å². The van der Waals surface area contributed by atoms with Crippen LogP contribution in [0.5, 0.6) is 0 Å². The Bertz CT molecular complexity index is 506. The average Bonchev–Trinajstić information content (AvgIpc) is 2.51. The van der Waals surface area contributed by atoms with Crippen LogP contribution in [-0.4, -0.2) is 37.0 Å². The van der Waals surface area contributed by atoms with E-state index >= 15 is 0 Å². The Morgan fingerprint density at radius 3 is 2.50 bits per heavy atom. The fraction of sp³-hybridized carbons (Fsp3) is 0.444. The van der Waals surface area contributed by atoms with Crippen LogP contribution in [0.1, 0.15) is 42.1 Å². The minimum Gasteiger partial charge on any atom is -0.460 e. The van der Waals surface area contributed by atoms with Gasteiger partial charge in [0.25, 0.3) is 0 Å². The van der Waals surface area contributed by atoms with Gasteiger partial charge in [0.05, 0.1) is 12.1 Å². The molecule has 1 amide bonds. The van der Waals surface area contributed by atoms with Crippen LogP contribution >= 0.6 is 0 Å². The molecule has 0 radical (unpaired) electrons. The van der Waals surface area contributed by atoms with Gasteiger partial charge in [0.15, 0.2) is 0 Å². The zero-order valence-corrected chi connectivity index (χ0v) is 13.7. The van der Waals surface area contributed by atoms with Crippen LogP contribution in [0.25, 0.3) is 0 Å². The highest BCUT2D eigenvalue weighted by molar-refractivity contribution is 5.89. The third-order valence-corrected chi connectivity index (χ3v) is 3.30. The van der Waals surface area contributed by atoms with Crippen LogP contribution in [0.4, 0.5) is 0 Å². The van der Waals surface area contributed by atoms with Gasteiger partial charge in [-0.2, -0.15) is 0 Å². The number of rotatable bonds is 8. The molecule has 0 aromatic heterocycles. The fourth-order valence-electron chi connectivity index (χ4n) is 1.86. The van der Waals surface area contributed by atoms with Crippen molar-refractivity contribution in [3.63, 3.8) is 0 Å². The van der Waals surface area contributed by atoms with Gasteiger partial charge in [-0.1, -0.05) is 36.8 Å². The number of benzene rings is 1. The molecule has 0 heterocycles. The van der Waals surface area contributed by atoms with Crippen LogP contribution in [-0.2, 0) is 9.53 Å². The molecular weight excluding hydrogens is 278 g/mol. The topological polar surface area (TPSA) is 46.6 Å². The molecule has 0 aliphatic carbocycles. The second kappa shape index (κ2) is 9.77. The summed E-state index contributed by atoms with van der Waals surface area (Å²) in [7, 11) is 1.73. The highest BCUT2D eigenvalue weighted by Gasteiger charge is 2.10. The second-order valence-corrected chi connectivity index (χ2v) is 5.24. The summed E-state index contributed by atoms with van der Waals surface area (Å²) in [6, 6.07) is 7.23. The maximum atomic E-state index is 11.8. The van der Waals surface area contributed by atoms with Crippen molar-refractivity contribution in [3.8, 4) is 0 Å². The van der Waals surface area contributed by atoms with Crippen molar-refractivity contribution in [2.75, 3.05) is 20.2 Å². The number of likely N-dealkylation sites (N-methyl/N-ethyl adjacent to an activating group) is 1. The van der Waals surface area contributed by atoms with E-state index in [1.807, 2.05) is 25.1 Å². The zero-order chi connectivity index (χ0) is 16.4. The smallest absolute Gasteiger partial charge is 0.338 e. The summed E-state index contributed by atoms with van der Waals surface area (Å²) >= 11 is 0. The molecule has 4 nitrogen and oxygen atoms in total. The van der Waals surface area contributed by atoms with E-state index in [1.165, 1.54) is 0 Å². The first kappa shape index (κ1) is 18.0. The molecule has 0 aliphatic heterocycles. The van der Waals surface area contributed by atoms with E-state index in [0.717, 1.165) is 18.4 Å². The number of esters is 1. The van der Waals surface area contributed by atoms with Crippen LogP contribution in [0, 0.1) is 6.92 Å². The van der Waals surface area contributed by atoms with Gasteiger partial charge in [0.1, 0.15) is 6.61 Å². The van der Waals surface area contributed by atoms with Gasteiger partial charge in [0.2, 0.25) is 5.91 Å². The number of carbonyl (C=O) groups is 2. The maximum Gasteiger partial charge on any atom is 0.338 e. The van der Waals surface area contributed by atoms with Crippen molar-refractivity contribution in [2.24, 2.45) is 0 Å². The lowest BCUT2D eigenvalue weighted by Gasteiger charge is -2.16. The Morgan fingerprint density at radius 2 is 1.86 bits per heavy atom. The Labute approximate surface area is 132 Å². The van der Waals surface area contributed by atoms with Crippen molar-refractivity contribution in [3.05, 3.63) is 47.5 Å². The average molecular weight is 303 g/mol. The zero-order valence-electron chi connectivity index (χ0n) is 13.7. The van der Waals surface area contributed by atoms with Gasteiger partial charge >= 0.3 is 5.97 Å². The van der Waals surface area contributed by atoms with Crippen molar-refractivity contribution >= 4 is 11.9 Å². The third kappa shape index (κ3) is 6.57. The Kier molecular flexibility index (Phi) is 7.97. The molecule has 0 aliphatic rings. The van der Waals surface area contributed by atoms with Crippen molar-refractivity contribution in [2.45, 2.75) is 33.1 Å². The number of carbonyl (C=O) groups excluding carboxylic acids is 2. The van der Waals surface area contributed by atoms with Crippen LogP contribution < -0.4 is 0 Å². The molecule has 0 fully saturated rings. The monoisotopic (exact) mass is 303 g/mol. The van der Waals surface area contributed by atoms with Crippen LogP contribution in [0.3, 0.4) is 0 Å². The first-order chi connectivity index (χ1) is 10.5. The minimum absolute atomic E-state index is 0.0622. The van der Waals surface area contributed by atoms with E-state index in [0.29, 0.717) is 18.5 Å². The van der Waals surface area contributed by atoms with Gasteiger partial charge in [-0.15, -0.1) is 0 Å². The lowest BCUT2D eigenvalue weighted by atomic mass is 10.1. The van der Waals surface area contributed by atoms with E-state index in [2.05, 4.69) is 13.0 Å². The van der Waals surface area contributed by atoms with Crippen LogP contribution in [0.2, 0.25) is 0 Å². The van der Waals surface area contributed by atoms with E-state index in [9.17, 15) is 9.59 Å². The molecule has 0 unspecified atom stereocenters. The number of hydrogen-bond donors (Lipinski definition) is 0. The van der Waals surface area contributed by atoms with E-state index in [4.69, 9.17) is 4.74 Å². The maximum absolute atomic E-state index is 11.8. The van der Waals surface area contributed by atoms with Gasteiger partial charge in [0, 0.05) is 13.5 Å². The molecule has 0 N–H and O–H groups in total. The highest BCUT2D eigenvalue weighted by atomic mass is 16.5. The molecule has 1 aromatic carbocycles. The van der Waals surface area contributed by atoms with Gasteiger partial charge in [-0.05, 0) is 31.9 Å². The Hall–Kier alpha value is -2.10. The molecular formula is C18H25NO3. The molecule has 22 heavy (non-hydrogen) atoms. The molecule has 0 saturated carbocycles. The number of aryl methyl sites for hydroxylation is 1. The number of allylic oxidation sites excluding steroid dienone is 2. The summed E-state index contributed by atoms with van der Waals surface area (Å²) in [5.74, 6) is -0.293. The van der Waals surface area contributed by atoms with E-state index in [-0.39, 0.29) is 18.5 Å². The molecule has 0 bridgehead atoms. The number of hydrogen-bond acceptors (Lipinski definition) is 3. The summed E-state index contributed by atoms with van der Waals surface area (Å²) in [5.41, 5.74) is 1.63. The molecule has 0 atom stereocenters. The summed E-state index contributed by atoms with van der Waals surface area (Å²) < 4.78 is 5.18. The first-order valence-electron chi connectivity index (χ1n) is 7.67. The van der Waals surface area contributed by atoms with Crippen molar-refractivity contribution in [1.29, 1.82) is 0 Å². The molecule has 4 heteroatoms. The van der Waals surface area contributed by atoms with Gasteiger partial charge in [-0.25, -0.2) is 4.79 Å². The Balaban J connectivity index is 2.27. The van der Waals surface area contributed by atoms with Gasteiger partial charge < -0.3 is 9.64 Å². The van der Waals surface area contributed by atoms with E-state index < -0.39 is 0 Å². The van der Waals surface area contributed by atoms with E-state index in [1.54, 1.807) is 24.1 Å². The first-order valence-corrected chi connectivity index (χ1v) is 7.67. The van der Waals surface area contributed by atoms with Crippen molar-refractivity contribution in [1.82, 2.24) is 4.90 Å². The predicted molar refractivity (Wildman–Crippen MR) is 87.8 cm³/mol. The largest absolute Gasteiger partial charge is 0.460 e. The summed E-state index contributed by atoms with van der Waals surface area (Å²) in [6.45, 7) is 4.64. The lowest BCUT2D eigenvalue weighted by Crippen LogP contribution is -2.30. The fourth-order valence-corrected chi connectivity index (χ4v) is 1.86. The molecule has 1 aromatic rings. The minimum atomic E-state index is -0.355. The normalized spacial score (nSPS) is 10.7. The second-order valence-electron chi connectivity index (χ2n) is 5.24. The molecule has 0 spiro atoms. The summed E-state index contributed by atoms with van der Waals surface area (Å²) in [5, 5.41) is 0. The summed E-state index contributed by atoms with van der Waals surface area (Å²) in [6.07, 6.45) is 6.29. The number of nitrogens with zero attached hydrogens (tertiary/aromatic N) is 1. The standard InChI is InChI=1S/C18H25NO3/c1-4-5-6-7-8-17(20)19(3)13-14-22-18(21)16-11-9-15(2)10-12-16/h5-6,9-12H,4,7-8,13-14H2,1-3H3/b6-5-. The molecule has 1 rings (SSSR count). The third-order valence-electron chi connectivity index (χ3n) is 3.30. The highest BCUT2D eigenvalue weighted by Crippen LogP contribution is 2.05. The molecule has 120 valence electrons. The predicted octanol–water partition coefficient (Wildman–Crippen LogP) is 3.36. The Morgan fingerprint density at radius 1 is 1.18 bits per heavy atom. The molecule has 0 saturated heterocycles. The SMILES string of the molecule is CC/C=C\CCC(=O)N(C)CCOC(=O)c1ccc(C)cc1.